The average molecular weight is 336 g/mol. The molecule has 1 heterocycles. The lowest BCUT2D eigenvalue weighted by atomic mass is 10.1. The van der Waals surface area contributed by atoms with E-state index in [9.17, 15) is 0 Å². The standard InChI is InChI=1S/C13H14BrN5O/c1-19(13-11(14)6-16-8-17-13)7-9-3-2-4-10(5-9)12(15)18-20/h2-6,8,20H,7H2,1H3,(H2,15,18). The van der Waals surface area contributed by atoms with Gasteiger partial charge in [0.25, 0.3) is 0 Å². The molecule has 0 atom stereocenters. The summed E-state index contributed by atoms with van der Waals surface area (Å²) in [7, 11) is 1.93. The predicted octanol–water partition coefficient (Wildman–Crippen LogP) is 1.97. The number of nitrogens with two attached hydrogens (primary N) is 1. The second kappa shape index (κ2) is 6.33. The third kappa shape index (κ3) is 3.24. The Morgan fingerprint density at radius 1 is 1.50 bits per heavy atom. The van der Waals surface area contributed by atoms with Crippen LogP contribution < -0.4 is 10.6 Å². The first-order chi connectivity index (χ1) is 9.61. The number of benzene rings is 1. The van der Waals surface area contributed by atoms with E-state index in [2.05, 4.69) is 31.1 Å². The van der Waals surface area contributed by atoms with Crippen LogP contribution in [0.25, 0.3) is 0 Å². The molecule has 0 bridgehead atoms. The van der Waals surface area contributed by atoms with E-state index >= 15 is 0 Å². The first kappa shape index (κ1) is 14.3. The molecule has 0 amide bonds. The van der Waals surface area contributed by atoms with Crippen LogP contribution in [-0.2, 0) is 6.54 Å². The molecule has 0 aliphatic heterocycles. The summed E-state index contributed by atoms with van der Waals surface area (Å²) in [6.07, 6.45) is 3.20. The number of hydrogen-bond acceptors (Lipinski definition) is 5. The molecule has 2 aromatic rings. The zero-order chi connectivity index (χ0) is 14.5. The highest BCUT2D eigenvalue weighted by Gasteiger charge is 2.08. The molecule has 0 aliphatic carbocycles. The van der Waals surface area contributed by atoms with Crippen molar-refractivity contribution in [3.8, 4) is 0 Å². The smallest absolute Gasteiger partial charge is 0.170 e. The molecule has 20 heavy (non-hydrogen) atoms. The number of anilines is 1. The fourth-order valence-electron chi connectivity index (χ4n) is 1.82. The molecule has 0 radical (unpaired) electrons. The first-order valence-electron chi connectivity index (χ1n) is 5.85. The van der Waals surface area contributed by atoms with Gasteiger partial charge in [-0.05, 0) is 27.6 Å². The SMILES string of the molecule is CN(Cc1cccc(C(N)=NO)c1)c1ncncc1Br. The molecule has 1 aromatic carbocycles. The molecule has 6 nitrogen and oxygen atoms in total. The van der Waals surface area contributed by atoms with Gasteiger partial charge in [0.05, 0.1) is 4.47 Å². The van der Waals surface area contributed by atoms with Crippen molar-refractivity contribution >= 4 is 27.6 Å². The summed E-state index contributed by atoms with van der Waals surface area (Å²) in [5.41, 5.74) is 7.30. The maximum atomic E-state index is 8.70. The summed E-state index contributed by atoms with van der Waals surface area (Å²) in [4.78, 5) is 10.1. The van der Waals surface area contributed by atoms with Crippen molar-refractivity contribution in [2.45, 2.75) is 6.54 Å². The number of rotatable bonds is 4. The molecule has 0 saturated heterocycles. The van der Waals surface area contributed by atoms with E-state index in [-0.39, 0.29) is 5.84 Å². The Balaban J connectivity index is 2.20. The number of oxime groups is 1. The van der Waals surface area contributed by atoms with Crippen LogP contribution in [-0.4, -0.2) is 28.1 Å². The molecule has 0 fully saturated rings. The second-order valence-electron chi connectivity index (χ2n) is 4.24. The minimum absolute atomic E-state index is 0.0951. The van der Waals surface area contributed by atoms with E-state index in [1.54, 1.807) is 12.3 Å². The molecule has 0 unspecified atom stereocenters. The van der Waals surface area contributed by atoms with Crippen LogP contribution in [0.2, 0.25) is 0 Å². The summed E-state index contributed by atoms with van der Waals surface area (Å²) in [5.74, 6) is 0.895. The Hall–Kier alpha value is -2.15. The van der Waals surface area contributed by atoms with Crippen molar-refractivity contribution in [1.29, 1.82) is 0 Å². The van der Waals surface area contributed by atoms with E-state index in [1.165, 1.54) is 6.33 Å². The highest BCUT2D eigenvalue weighted by Crippen LogP contribution is 2.22. The zero-order valence-electron chi connectivity index (χ0n) is 10.9. The van der Waals surface area contributed by atoms with E-state index in [0.29, 0.717) is 12.1 Å². The molecule has 7 heteroatoms. The zero-order valence-corrected chi connectivity index (χ0v) is 12.4. The minimum Gasteiger partial charge on any atom is -0.409 e. The molecular weight excluding hydrogens is 322 g/mol. The van der Waals surface area contributed by atoms with Gasteiger partial charge in [0.1, 0.15) is 12.1 Å². The van der Waals surface area contributed by atoms with E-state index in [0.717, 1.165) is 15.9 Å². The normalized spacial score (nSPS) is 11.4. The molecule has 0 spiro atoms. The Labute approximate surface area is 125 Å². The summed E-state index contributed by atoms with van der Waals surface area (Å²) in [5, 5.41) is 11.7. The third-order valence-corrected chi connectivity index (χ3v) is 3.32. The first-order valence-corrected chi connectivity index (χ1v) is 6.64. The maximum Gasteiger partial charge on any atom is 0.170 e. The summed E-state index contributed by atoms with van der Waals surface area (Å²) in [6.45, 7) is 0.641. The van der Waals surface area contributed by atoms with Crippen LogP contribution in [0.15, 0.2) is 46.4 Å². The van der Waals surface area contributed by atoms with Crippen LogP contribution in [0.1, 0.15) is 11.1 Å². The van der Waals surface area contributed by atoms with Crippen molar-refractivity contribution in [2.75, 3.05) is 11.9 Å². The van der Waals surface area contributed by atoms with E-state index < -0.39 is 0 Å². The maximum absolute atomic E-state index is 8.70. The van der Waals surface area contributed by atoms with Crippen molar-refractivity contribution < 1.29 is 5.21 Å². The van der Waals surface area contributed by atoms with Crippen LogP contribution in [0.4, 0.5) is 5.82 Å². The van der Waals surface area contributed by atoms with Crippen molar-refractivity contribution in [1.82, 2.24) is 9.97 Å². The molecule has 1 aromatic heterocycles. The second-order valence-corrected chi connectivity index (χ2v) is 5.09. The molecular formula is C13H14BrN5O. The number of aromatic nitrogens is 2. The number of halogens is 1. The van der Waals surface area contributed by atoms with Gasteiger partial charge in [-0.1, -0.05) is 23.4 Å². The van der Waals surface area contributed by atoms with Crippen molar-refractivity contribution in [3.63, 3.8) is 0 Å². The van der Waals surface area contributed by atoms with Crippen LogP contribution in [0, 0.1) is 0 Å². The van der Waals surface area contributed by atoms with Crippen molar-refractivity contribution in [2.24, 2.45) is 10.9 Å². The lowest BCUT2D eigenvalue weighted by Crippen LogP contribution is -2.19. The Kier molecular flexibility index (Phi) is 4.52. The van der Waals surface area contributed by atoms with Gasteiger partial charge in [-0.2, -0.15) is 0 Å². The highest BCUT2D eigenvalue weighted by molar-refractivity contribution is 9.10. The molecule has 104 valence electrons. The van der Waals surface area contributed by atoms with Gasteiger partial charge in [-0.15, -0.1) is 0 Å². The lowest BCUT2D eigenvalue weighted by Gasteiger charge is -2.19. The van der Waals surface area contributed by atoms with Gasteiger partial charge in [0, 0.05) is 25.4 Å². The summed E-state index contributed by atoms with van der Waals surface area (Å²) in [6, 6.07) is 7.51. The molecule has 2 rings (SSSR count). The number of amidine groups is 1. The summed E-state index contributed by atoms with van der Waals surface area (Å²) < 4.78 is 0.829. The monoisotopic (exact) mass is 335 g/mol. The quantitative estimate of drug-likeness (QED) is 0.386. The van der Waals surface area contributed by atoms with Crippen LogP contribution >= 0.6 is 15.9 Å². The number of hydrogen-bond donors (Lipinski definition) is 2. The summed E-state index contributed by atoms with van der Waals surface area (Å²) >= 11 is 3.42. The average Bonchev–Trinajstić information content (AvgIpc) is 2.47. The van der Waals surface area contributed by atoms with Gasteiger partial charge in [-0.3, -0.25) is 0 Å². The van der Waals surface area contributed by atoms with E-state index in [1.807, 2.05) is 30.1 Å². The molecule has 0 aliphatic rings. The minimum atomic E-state index is 0.0951. The van der Waals surface area contributed by atoms with E-state index in [4.69, 9.17) is 10.9 Å². The lowest BCUT2D eigenvalue weighted by molar-refractivity contribution is 0.318. The van der Waals surface area contributed by atoms with Gasteiger partial charge in [-0.25, -0.2) is 9.97 Å². The molecule has 3 N–H and O–H groups in total. The largest absolute Gasteiger partial charge is 0.409 e. The fraction of sp³-hybridized carbons (Fsp3) is 0.154. The van der Waals surface area contributed by atoms with Gasteiger partial charge in [0.2, 0.25) is 0 Å². The Morgan fingerprint density at radius 2 is 2.30 bits per heavy atom. The Bertz CT molecular complexity index is 632. The topological polar surface area (TPSA) is 87.6 Å². The van der Waals surface area contributed by atoms with Gasteiger partial charge in [0.15, 0.2) is 5.84 Å². The Morgan fingerprint density at radius 3 is 3.00 bits per heavy atom. The number of nitrogens with zero attached hydrogens (tertiary/aromatic N) is 4. The van der Waals surface area contributed by atoms with Crippen LogP contribution in [0.3, 0.4) is 0 Å². The predicted molar refractivity (Wildman–Crippen MR) is 80.8 cm³/mol. The highest BCUT2D eigenvalue weighted by atomic mass is 79.9. The van der Waals surface area contributed by atoms with Crippen LogP contribution in [0.5, 0.6) is 0 Å². The van der Waals surface area contributed by atoms with Gasteiger partial charge < -0.3 is 15.8 Å². The third-order valence-electron chi connectivity index (χ3n) is 2.76. The van der Waals surface area contributed by atoms with Gasteiger partial charge >= 0.3 is 0 Å². The fourth-order valence-corrected chi connectivity index (χ4v) is 2.35. The molecule has 0 saturated carbocycles. The van der Waals surface area contributed by atoms with Crippen molar-refractivity contribution in [3.05, 3.63) is 52.4 Å².